The Morgan fingerprint density at radius 3 is 2.48 bits per heavy atom. The number of aryl methyl sites for hydroxylation is 1. The van der Waals surface area contributed by atoms with Gasteiger partial charge >= 0.3 is 0 Å². The molecular formula is C16H20N2O3. The normalized spacial score (nSPS) is 10.2. The first-order valence-electron chi connectivity index (χ1n) is 6.98. The molecular weight excluding hydrogens is 268 g/mol. The van der Waals surface area contributed by atoms with Gasteiger partial charge in [0.2, 0.25) is 0 Å². The van der Waals surface area contributed by atoms with Crippen molar-refractivity contribution in [2.45, 2.75) is 13.8 Å². The minimum Gasteiger partial charge on any atom is -0.490 e. The summed E-state index contributed by atoms with van der Waals surface area (Å²) in [5.41, 5.74) is 1.27. The van der Waals surface area contributed by atoms with Crippen LogP contribution in [0.4, 0.5) is 5.69 Å². The SMILES string of the molecule is CCOc1ccc(NC(=O)c2cccn2C)cc1OCC. The fourth-order valence-electron chi connectivity index (χ4n) is 2.02. The summed E-state index contributed by atoms with van der Waals surface area (Å²) in [5.74, 6) is 1.15. The molecule has 1 heterocycles. The van der Waals surface area contributed by atoms with Crippen LogP contribution in [-0.2, 0) is 7.05 Å². The molecule has 1 aromatic carbocycles. The molecule has 5 nitrogen and oxygen atoms in total. The molecule has 0 radical (unpaired) electrons. The smallest absolute Gasteiger partial charge is 0.272 e. The van der Waals surface area contributed by atoms with Crippen molar-refractivity contribution < 1.29 is 14.3 Å². The molecule has 0 unspecified atom stereocenters. The fourth-order valence-corrected chi connectivity index (χ4v) is 2.02. The topological polar surface area (TPSA) is 52.5 Å². The molecule has 1 N–H and O–H groups in total. The number of rotatable bonds is 6. The van der Waals surface area contributed by atoms with E-state index in [-0.39, 0.29) is 5.91 Å². The van der Waals surface area contributed by atoms with E-state index in [4.69, 9.17) is 9.47 Å². The third-order valence-corrected chi connectivity index (χ3v) is 2.98. The van der Waals surface area contributed by atoms with Crippen LogP contribution in [0.25, 0.3) is 0 Å². The highest BCUT2D eigenvalue weighted by molar-refractivity contribution is 6.03. The molecule has 0 saturated heterocycles. The summed E-state index contributed by atoms with van der Waals surface area (Å²) in [7, 11) is 1.83. The number of carbonyl (C=O) groups excluding carboxylic acids is 1. The standard InChI is InChI=1S/C16H20N2O3/c1-4-20-14-9-8-12(11-15(14)21-5-2)17-16(19)13-7-6-10-18(13)3/h6-11H,4-5H2,1-3H3,(H,17,19). The Morgan fingerprint density at radius 2 is 1.86 bits per heavy atom. The first-order chi connectivity index (χ1) is 10.2. The van der Waals surface area contributed by atoms with Crippen molar-refractivity contribution in [1.29, 1.82) is 0 Å². The van der Waals surface area contributed by atoms with Gasteiger partial charge in [0, 0.05) is 25.0 Å². The van der Waals surface area contributed by atoms with Crippen molar-refractivity contribution in [3.63, 3.8) is 0 Å². The third kappa shape index (κ3) is 3.56. The largest absolute Gasteiger partial charge is 0.490 e. The minimum absolute atomic E-state index is 0.158. The Bertz CT molecular complexity index is 620. The van der Waals surface area contributed by atoms with Crippen molar-refractivity contribution in [3.05, 3.63) is 42.2 Å². The summed E-state index contributed by atoms with van der Waals surface area (Å²) in [6, 6.07) is 8.98. The maximum Gasteiger partial charge on any atom is 0.272 e. The Labute approximate surface area is 124 Å². The van der Waals surface area contributed by atoms with E-state index in [1.165, 1.54) is 0 Å². The number of carbonyl (C=O) groups is 1. The van der Waals surface area contributed by atoms with Gasteiger partial charge in [-0.15, -0.1) is 0 Å². The van der Waals surface area contributed by atoms with Crippen LogP contribution in [0.3, 0.4) is 0 Å². The Balaban J connectivity index is 2.18. The number of amides is 1. The monoisotopic (exact) mass is 288 g/mol. The summed E-state index contributed by atoms with van der Waals surface area (Å²) in [6.07, 6.45) is 1.83. The minimum atomic E-state index is -0.158. The van der Waals surface area contributed by atoms with Gasteiger partial charge in [-0.2, -0.15) is 0 Å². The number of benzene rings is 1. The van der Waals surface area contributed by atoms with Gasteiger partial charge in [0.1, 0.15) is 5.69 Å². The van der Waals surface area contributed by atoms with E-state index in [9.17, 15) is 4.79 Å². The quantitative estimate of drug-likeness (QED) is 0.888. The van der Waals surface area contributed by atoms with Crippen molar-refractivity contribution in [1.82, 2.24) is 4.57 Å². The predicted molar refractivity (Wildman–Crippen MR) is 82.1 cm³/mol. The molecule has 0 saturated carbocycles. The van der Waals surface area contributed by atoms with Gasteiger partial charge in [-0.1, -0.05) is 0 Å². The first-order valence-corrected chi connectivity index (χ1v) is 6.98. The van der Waals surface area contributed by atoms with Gasteiger partial charge in [0.25, 0.3) is 5.91 Å². The zero-order valence-electron chi connectivity index (χ0n) is 12.6. The van der Waals surface area contributed by atoms with Crippen molar-refractivity contribution in [3.8, 4) is 11.5 Å². The molecule has 0 aliphatic heterocycles. The zero-order valence-corrected chi connectivity index (χ0v) is 12.6. The number of hydrogen-bond acceptors (Lipinski definition) is 3. The van der Waals surface area contributed by atoms with E-state index in [2.05, 4.69) is 5.32 Å². The van der Waals surface area contributed by atoms with Gasteiger partial charge in [0.05, 0.1) is 13.2 Å². The second kappa shape index (κ2) is 6.83. The molecule has 5 heteroatoms. The van der Waals surface area contributed by atoms with Crippen LogP contribution >= 0.6 is 0 Å². The van der Waals surface area contributed by atoms with E-state index in [1.807, 2.05) is 33.2 Å². The molecule has 21 heavy (non-hydrogen) atoms. The molecule has 1 amide bonds. The fraction of sp³-hybridized carbons (Fsp3) is 0.312. The second-order valence-corrected chi connectivity index (χ2v) is 4.49. The summed E-state index contributed by atoms with van der Waals surface area (Å²) >= 11 is 0. The predicted octanol–water partition coefficient (Wildman–Crippen LogP) is 3.07. The van der Waals surface area contributed by atoms with E-state index in [1.54, 1.807) is 28.8 Å². The van der Waals surface area contributed by atoms with E-state index in [0.717, 1.165) is 0 Å². The maximum atomic E-state index is 12.2. The number of anilines is 1. The Kier molecular flexibility index (Phi) is 4.87. The number of nitrogens with one attached hydrogen (secondary N) is 1. The van der Waals surface area contributed by atoms with Gasteiger partial charge in [0.15, 0.2) is 11.5 Å². The van der Waals surface area contributed by atoms with Crippen LogP contribution in [0, 0.1) is 0 Å². The molecule has 2 aromatic rings. The number of nitrogens with zero attached hydrogens (tertiary/aromatic N) is 1. The summed E-state index contributed by atoms with van der Waals surface area (Å²) in [6.45, 7) is 4.93. The number of hydrogen-bond donors (Lipinski definition) is 1. The average Bonchev–Trinajstić information content (AvgIpc) is 2.88. The third-order valence-electron chi connectivity index (χ3n) is 2.98. The van der Waals surface area contributed by atoms with Crippen LogP contribution in [0.5, 0.6) is 11.5 Å². The lowest BCUT2D eigenvalue weighted by molar-refractivity contribution is 0.101. The zero-order chi connectivity index (χ0) is 15.2. The van der Waals surface area contributed by atoms with E-state index < -0.39 is 0 Å². The molecule has 0 fully saturated rings. The lowest BCUT2D eigenvalue weighted by Gasteiger charge is -2.13. The second-order valence-electron chi connectivity index (χ2n) is 4.49. The van der Waals surface area contributed by atoms with Crippen molar-refractivity contribution in [2.75, 3.05) is 18.5 Å². The molecule has 0 bridgehead atoms. The molecule has 1 aromatic heterocycles. The molecule has 0 spiro atoms. The number of aromatic nitrogens is 1. The highest BCUT2D eigenvalue weighted by Gasteiger charge is 2.11. The number of ether oxygens (including phenoxy) is 2. The van der Waals surface area contributed by atoms with Gasteiger partial charge < -0.3 is 19.4 Å². The van der Waals surface area contributed by atoms with Gasteiger partial charge in [-0.05, 0) is 38.1 Å². The highest BCUT2D eigenvalue weighted by Crippen LogP contribution is 2.30. The van der Waals surface area contributed by atoms with Crippen LogP contribution in [0.1, 0.15) is 24.3 Å². The van der Waals surface area contributed by atoms with Crippen LogP contribution in [0.15, 0.2) is 36.5 Å². The van der Waals surface area contributed by atoms with E-state index in [0.29, 0.717) is 36.1 Å². The van der Waals surface area contributed by atoms with Gasteiger partial charge in [-0.3, -0.25) is 4.79 Å². The maximum absolute atomic E-state index is 12.2. The van der Waals surface area contributed by atoms with Crippen LogP contribution in [0.2, 0.25) is 0 Å². The van der Waals surface area contributed by atoms with Crippen LogP contribution < -0.4 is 14.8 Å². The van der Waals surface area contributed by atoms with E-state index >= 15 is 0 Å². The molecule has 112 valence electrons. The summed E-state index contributed by atoms with van der Waals surface area (Å²) in [4.78, 5) is 12.2. The van der Waals surface area contributed by atoms with Gasteiger partial charge in [-0.25, -0.2) is 0 Å². The lowest BCUT2D eigenvalue weighted by atomic mass is 10.2. The average molecular weight is 288 g/mol. The first kappa shape index (κ1) is 15.0. The summed E-state index contributed by atoms with van der Waals surface area (Å²) < 4.78 is 12.8. The molecule has 0 aliphatic carbocycles. The Hall–Kier alpha value is -2.43. The van der Waals surface area contributed by atoms with Crippen molar-refractivity contribution >= 4 is 11.6 Å². The molecule has 0 atom stereocenters. The molecule has 2 rings (SSSR count). The van der Waals surface area contributed by atoms with Crippen molar-refractivity contribution in [2.24, 2.45) is 7.05 Å². The summed E-state index contributed by atoms with van der Waals surface area (Å²) in [5, 5.41) is 2.86. The lowest BCUT2D eigenvalue weighted by Crippen LogP contribution is -2.15. The van der Waals surface area contributed by atoms with Crippen LogP contribution in [-0.4, -0.2) is 23.7 Å². The highest BCUT2D eigenvalue weighted by atomic mass is 16.5. The Morgan fingerprint density at radius 1 is 1.14 bits per heavy atom. The molecule has 0 aliphatic rings.